The first-order chi connectivity index (χ1) is 6.71. The molecule has 0 saturated heterocycles. The molecule has 0 aromatic heterocycles. The summed E-state index contributed by atoms with van der Waals surface area (Å²) in [5.41, 5.74) is -0.847. The Morgan fingerprint density at radius 1 is 1.60 bits per heavy atom. The van der Waals surface area contributed by atoms with E-state index in [2.05, 4.69) is 4.74 Å². The van der Waals surface area contributed by atoms with Crippen molar-refractivity contribution in [2.75, 3.05) is 7.11 Å². The minimum absolute atomic E-state index is 0.339. The van der Waals surface area contributed by atoms with Crippen LogP contribution >= 0.6 is 11.6 Å². The monoisotopic (exact) mass is 242 g/mol. The van der Waals surface area contributed by atoms with Crippen molar-refractivity contribution < 1.29 is 22.7 Å². The number of halogens is 4. The van der Waals surface area contributed by atoms with Gasteiger partial charge in [-0.1, -0.05) is 17.7 Å². The van der Waals surface area contributed by atoms with Gasteiger partial charge >= 0.3 is 12.1 Å². The van der Waals surface area contributed by atoms with Crippen molar-refractivity contribution in [2.24, 2.45) is 11.3 Å². The third kappa shape index (κ3) is 2.45. The maximum absolute atomic E-state index is 12.1. The quantitative estimate of drug-likeness (QED) is 0.696. The molecule has 0 aliphatic heterocycles. The molecular weight excluding hydrogens is 233 g/mol. The molecule has 0 aromatic rings. The van der Waals surface area contributed by atoms with E-state index in [0.29, 0.717) is 6.42 Å². The van der Waals surface area contributed by atoms with E-state index in [4.69, 9.17) is 11.6 Å². The van der Waals surface area contributed by atoms with Crippen molar-refractivity contribution in [2.45, 2.75) is 19.5 Å². The lowest BCUT2D eigenvalue weighted by atomic mass is 10.1. The van der Waals surface area contributed by atoms with E-state index in [0.717, 1.165) is 6.08 Å². The minimum Gasteiger partial charge on any atom is -0.469 e. The van der Waals surface area contributed by atoms with E-state index in [1.807, 2.05) is 0 Å². The van der Waals surface area contributed by atoms with Crippen LogP contribution in [-0.2, 0) is 9.53 Å². The number of allylic oxidation sites excluding steroid dienone is 2. The van der Waals surface area contributed by atoms with Crippen molar-refractivity contribution in [3.63, 3.8) is 0 Å². The number of carbonyl (C=O) groups excluding carboxylic acids is 1. The van der Waals surface area contributed by atoms with E-state index in [-0.39, 0.29) is 0 Å². The van der Waals surface area contributed by atoms with Gasteiger partial charge in [-0.15, -0.1) is 0 Å². The van der Waals surface area contributed by atoms with Gasteiger partial charge in [0.15, 0.2) is 0 Å². The molecule has 2 nitrogen and oxygen atoms in total. The largest absolute Gasteiger partial charge is 0.469 e. The summed E-state index contributed by atoms with van der Waals surface area (Å²) in [7, 11) is 1.21. The molecule has 1 saturated carbocycles. The van der Waals surface area contributed by atoms with Gasteiger partial charge in [0.2, 0.25) is 0 Å². The van der Waals surface area contributed by atoms with Crippen LogP contribution in [-0.4, -0.2) is 19.3 Å². The van der Waals surface area contributed by atoms with Crippen molar-refractivity contribution >= 4 is 17.6 Å². The number of carbonyl (C=O) groups is 1. The lowest BCUT2D eigenvalue weighted by Crippen LogP contribution is -2.16. The molecule has 2 unspecified atom stereocenters. The second kappa shape index (κ2) is 3.70. The number of hydrogen-bond donors (Lipinski definition) is 0. The lowest BCUT2D eigenvalue weighted by Gasteiger charge is -2.07. The van der Waals surface area contributed by atoms with Gasteiger partial charge in [-0.05, 0) is 19.3 Å². The summed E-state index contributed by atoms with van der Waals surface area (Å²) in [5, 5.41) is -1.18. The van der Waals surface area contributed by atoms with Crippen LogP contribution in [0.15, 0.2) is 11.1 Å². The third-order valence-electron chi connectivity index (χ3n) is 2.57. The number of ether oxygens (including phenoxy) is 1. The molecule has 0 amide bonds. The Morgan fingerprint density at radius 2 is 2.13 bits per heavy atom. The first-order valence-corrected chi connectivity index (χ1v) is 4.62. The Balaban J connectivity index is 2.70. The Labute approximate surface area is 90.0 Å². The number of alkyl halides is 3. The zero-order chi connectivity index (χ0) is 11.9. The normalized spacial score (nSPS) is 31.3. The molecule has 0 N–H and O–H groups in total. The first kappa shape index (κ1) is 12.4. The molecule has 15 heavy (non-hydrogen) atoms. The van der Waals surface area contributed by atoms with E-state index in [9.17, 15) is 18.0 Å². The van der Waals surface area contributed by atoms with Crippen LogP contribution in [0, 0.1) is 11.3 Å². The predicted octanol–water partition coefficient (Wildman–Crippen LogP) is 2.87. The topological polar surface area (TPSA) is 26.3 Å². The zero-order valence-electron chi connectivity index (χ0n) is 8.19. The SMILES string of the molecule is COC(=O)C1(C)CC1C=C(Cl)C(F)(F)F. The lowest BCUT2D eigenvalue weighted by molar-refractivity contribution is -0.146. The van der Waals surface area contributed by atoms with Gasteiger partial charge in [-0.2, -0.15) is 13.2 Å². The third-order valence-corrected chi connectivity index (χ3v) is 2.91. The Morgan fingerprint density at radius 3 is 2.53 bits per heavy atom. The fourth-order valence-electron chi connectivity index (χ4n) is 1.38. The van der Waals surface area contributed by atoms with Crippen LogP contribution in [0.3, 0.4) is 0 Å². The van der Waals surface area contributed by atoms with Crippen LogP contribution in [0.2, 0.25) is 0 Å². The number of rotatable bonds is 2. The molecule has 1 aliphatic rings. The Kier molecular flexibility index (Phi) is 3.05. The Hall–Kier alpha value is -0.710. The standard InChI is InChI=1S/C9H10ClF3O2/c1-8(7(14)15-2)4-5(8)3-6(10)9(11,12)13/h3,5H,4H2,1-2H3. The summed E-state index contributed by atoms with van der Waals surface area (Å²) < 4.78 is 40.6. The highest BCUT2D eigenvalue weighted by Gasteiger charge is 2.56. The fraction of sp³-hybridized carbons (Fsp3) is 0.667. The van der Waals surface area contributed by atoms with Crippen molar-refractivity contribution in [1.29, 1.82) is 0 Å². The number of methoxy groups -OCH3 is 1. The second-order valence-electron chi connectivity index (χ2n) is 3.73. The molecule has 0 spiro atoms. The van der Waals surface area contributed by atoms with Crippen molar-refractivity contribution in [1.82, 2.24) is 0 Å². The van der Waals surface area contributed by atoms with Gasteiger partial charge in [-0.25, -0.2) is 0 Å². The van der Waals surface area contributed by atoms with E-state index in [1.165, 1.54) is 7.11 Å². The first-order valence-electron chi connectivity index (χ1n) is 4.24. The second-order valence-corrected chi connectivity index (χ2v) is 4.14. The van der Waals surface area contributed by atoms with Crippen LogP contribution < -0.4 is 0 Å². The molecule has 1 fully saturated rings. The van der Waals surface area contributed by atoms with Gasteiger partial charge < -0.3 is 4.74 Å². The number of hydrogen-bond acceptors (Lipinski definition) is 2. The van der Waals surface area contributed by atoms with Crippen LogP contribution in [0.5, 0.6) is 0 Å². The molecular formula is C9H10ClF3O2. The van der Waals surface area contributed by atoms with Gasteiger partial charge in [0.05, 0.1) is 12.5 Å². The molecule has 0 aromatic carbocycles. The highest BCUT2D eigenvalue weighted by atomic mass is 35.5. The maximum Gasteiger partial charge on any atom is 0.426 e. The van der Waals surface area contributed by atoms with E-state index in [1.54, 1.807) is 6.92 Å². The predicted molar refractivity (Wildman–Crippen MR) is 48.2 cm³/mol. The average Bonchev–Trinajstić information content (AvgIpc) is 2.75. The van der Waals surface area contributed by atoms with Gasteiger partial charge in [-0.3, -0.25) is 4.79 Å². The fourth-order valence-corrected chi connectivity index (χ4v) is 1.53. The van der Waals surface area contributed by atoms with Crippen LogP contribution in [0.25, 0.3) is 0 Å². The van der Waals surface area contributed by atoms with Crippen LogP contribution in [0.1, 0.15) is 13.3 Å². The Bertz CT molecular complexity index is 311. The molecule has 2 atom stereocenters. The summed E-state index contributed by atoms with van der Waals surface area (Å²) in [6.45, 7) is 1.56. The molecule has 6 heteroatoms. The minimum atomic E-state index is -4.54. The average molecular weight is 243 g/mol. The van der Waals surface area contributed by atoms with Gasteiger partial charge in [0, 0.05) is 0 Å². The smallest absolute Gasteiger partial charge is 0.426 e. The van der Waals surface area contributed by atoms with Crippen molar-refractivity contribution in [3.8, 4) is 0 Å². The summed E-state index contributed by atoms with van der Waals surface area (Å²) in [6.07, 6.45) is -3.33. The maximum atomic E-state index is 12.1. The molecule has 1 aliphatic carbocycles. The summed E-state index contributed by atoms with van der Waals surface area (Å²) >= 11 is 5.05. The zero-order valence-corrected chi connectivity index (χ0v) is 8.95. The summed E-state index contributed by atoms with van der Waals surface area (Å²) in [5.74, 6) is -0.991. The van der Waals surface area contributed by atoms with Gasteiger partial charge in [0.25, 0.3) is 0 Å². The van der Waals surface area contributed by atoms with E-state index >= 15 is 0 Å². The summed E-state index contributed by atoms with van der Waals surface area (Å²) in [6, 6.07) is 0. The summed E-state index contributed by atoms with van der Waals surface area (Å²) in [4.78, 5) is 11.2. The molecule has 0 heterocycles. The highest BCUT2D eigenvalue weighted by Crippen LogP contribution is 2.55. The van der Waals surface area contributed by atoms with Gasteiger partial charge in [0.1, 0.15) is 5.03 Å². The molecule has 86 valence electrons. The molecule has 0 radical (unpaired) electrons. The highest BCUT2D eigenvalue weighted by molar-refractivity contribution is 6.30. The molecule has 0 bridgehead atoms. The van der Waals surface area contributed by atoms with E-state index < -0.39 is 28.5 Å². The van der Waals surface area contributed by atoms with Crippen LogP contribution in [0.4, 0.5) is 13.2 Å². The van der Waals surface area contributed by atoms with Crippen molar-refractivity contribution in [3.05, 3.63) is 11.1 Å². The molecule has 1 rings (SSSR count). The number of esters is 1.